The van der Waals surface area contributed by atoms with E-state index in [1.807, 2.05) is 11.7 Å². The highest BCUT2D eigenvalue weighted by Crippen LogP contribution is 2.26. The Hall–Kier alpha value is -0.910. The van der Waals surface area contributed by atoms with Crippen LogP contribution in [0.15, 0.2) is 6.20 Å². The van der Waals surface area contributed by atoms with Crippen molar-refractivity contribution in [2.75, 3.05) is 26.3 Å². The molecule has 0 amide bonds. The fraction of sp³-hybridized carbons (Fsp3) is 0.769. The molecule has 0 aromatic carbocycles. The number of ether oxygens (including phenoxy) is 1. The first kappa shape index (κ1) is 13.5. The van der Waals surface area contributed by atoms with Gasteiger partial charge < -0.3 is 10.5 Å². The number of rotatable bonds is 4. The van der Waals surface area contributed by atoms with Gasteiger partial charge in [0.05, 0.1) is 24.9 Å². The Morgan fingerprint density at radius 2 is 2.39 bits per heavy atom. The first-order valence-electron chi connectivity index (χ1n) is 6.73. The van der Waals surface area contributed by atoms with Gasteiger partial charge in [0.15, 0.2) is 0 Å². The molecular weight excluding hydrogens is 228 g/mol. The van der Waals surface area contributed by atoms with E-state index in [-0.39, 0.29) is 6.04 Å². The van der Waals surface area contributed by atoms with Gasteiger partial charge in [0.2, 0.25) is 0 Å². The minimum absolute atomic E-state index is 0.257. The topological polar surface area (TPSA) is 56.3 Å². The third-order valence-electron chi connectivity index (χ3n) is 3.67. The Morgan fingerprint density at radius 1 is 1.61 bits per heavy atom. The van der Waals surface area contributed by atoms with Crippen molar-refractivity contribution >= 4 is 0 Å². The van der Waals surface area contributed by atoms with Crippen molar-refractivity contribution in [3.8, 4) is 0 Å². The molecule has 0 bridgehead atoms. The fourth-order valence-corrected chi connectivity index (χ4v) is 2.75. The van der Waals surface area contributed by atoms with Gasteiger partial charge in [0.25, 0.3) is 0 Å². The lowest BCUT2D eigenvalue weighted by Crippen LogP contribution is -2.47. The van der Waals surface area contributed by atoms with Crippen LogP contribution in [0.5, 0.6) is 0 Å². The van der Waals surface area contributed by atoms with Crippen LogP contribution in [0.3, 0.4) is 0 Å². The van der Waals surface area contributed by atoms with Crippen LogP contribution in [0.25, 0.3) is 0 Å². The van der Waals surface area contributed by atoms with Crippen LogP contribution < -0.4 is 5.73 Å². The van der Waals surface area contributed by atoms with Gasteiger partial charge in [-0.3, -0.25) is 9.58 Å². The van der Waals surface area contributed by atoms with Gasteiger partial charge in [-0.25, -0.2) is 0 Å². The zero-order valence-electron chi connectivity index (χ0n) is 11.6. The molecule has 2 N–H and O–H groups in total. The average Bonchev–Trinajstić information content (AvgIpc) is 2.74. The van der Waals surface area contributed by atoms with Crippen molar-refractivity contribution < 1.29 is 4.74 Å². The maximum atomic E-state index is 6.01. The summed E-state index contributed by atoms with van der Waals surface area (Å²) in [5, 5.41) is 4.52. The van der Waals surface area contributed by atoms with Gasteiger partial charge in [-0.2, -0.15) is 5.10 Å². The number of aromatic nitrogens is 2. The van der Waals surface area contributed by atoms with Gasteiger partial charge in [0.1, 0.15) is 0 Å². The second kappa shape index (κ2) is 5.82. The molecule has 2 heterocycles. The van der Waals surface area contributed by atoms with E-state index < -0.39 is 0 Å². The second-order valence-electron chi connectivity index (χ2n) is 4.97. The zero-order valence-corrected chi connectivity index (χ0v) is 11.6. The molecule has 1 aliphatic rings. The second-order valence-corrected chi connectivity index (χ2v) is 4.97. The van der Waals surface area contributed by atoms with Crippen LogP contribution >= 0.6 is 0 Å². The standard InChI is InChI=1S/C13H24N4O/c1-4-12-11(8-16(3)15-12)13(7-14)17-5-6-18-9-10(17)2/h8,10,13H,4-7,9,14H2,1-3H3. The molecule has 1 fully saturated rings. The van der Waals surface area contributed by atoms with E-state index >= 15 is 0 Å². The molecule has 0 aliphatic carbocycles. The molecule has 1 saturated heterocycles. The first-order chi connectivity index (χ1) is 8.67. The van der Waals surface area contributed by atoms with Gasteiger partial charge in [-0.1, -0.05) is 6.92 Å². The summed E-state index contributed by atoms with van der Waals surface area (Å²) >= 11 is 0. The van der Waals surface area contributed by atoms with E-state index in [4.69, 9.17) is 10.5 Å². The van der Waals surface area contributed by atoms with E-state index in [0.29, 0.717) is 12.6 Å². The van der Waals surface area contributed by atoms with Gasteiger partial charge in [-0.15, -0.1) is 0 Å². The van der Waals surface area contributed by atoms with Crippen LogP contribution in [0, 0.1) is 0 Å². The Bertz CT molecular complexity index is 390. The minimum atomic E-state index is 0.257. The van der Waals surface area contributed by atoms with Crippen LogP contribution in [0.2, 0.25) is 0 Å². The predicted molar refractivity (Wildman–Crippen MR) is 71.4 cm³/mol. The smallest absolute Gasteiger partial charge is 0.0670 e. The summed E-state index contributed by atoms with van der Waals surface area (Å²) < 4.78 is 7.39. The van der Waals surface area contributed by atoms with Gasteiger partial charge in [0, 0.05) is 37.9 Å². The van der Waals surface area contributed by atoms with Crippen molar-refractivity contribution in [3.05, 3.63) is 17.5 Å². The number of morpholine rings is 1. The SMILES string of the molecule is CCc1nn(C)cc1C(CN)N1CCOCC1C. The van der Waals surface area contributed by atoms with E-state index in [2.05, 4.69) is 30.0 Å². The molecule has 102 valence electrons. The molecule has 1 aliphatic heterocycles. The molecule has 2 atom stereocenters. The predicted octanol–water partition coefficient (Wildman–Crippen LogP) is 0.703. The summed E-state index contributed by atoms with van der Waals surface area (Å²) in [6.45, 7) is 7.50. The van der Waals surface area contributed by atoms with Crippen molar-refractivity contribution in [2.24, 2.45) is 12.8 Å². The van der Waals surface area contributed by atoms with Crippen molar-refractivity contribution in [1.29, 1.82) is 0 Å². The summed E-state index contributed by atoms with van der Waals surface area (Å²) in [4.78, 5) is 2.44. The maximum absolute atomic E-state index is 6.01. The zero-order chi connectivity index (χ0) is 13.1. The lowest BCUT2D eigenvalue weighted by Gasteiger charge is -2.39. The number of aryl methyl sites for hydroxylation is 2. The molecule has 1 aromatic heterocycles. The van der Waals surface area contributed by atoms with Gasteiger partial charge >= 0.3 is 0 Å². The normalized spacial score (nSPS) is 23.2. The Kier molecular flexibility index (Phi) is 4.37. The van der Waals surface area contributed by atoms with Crippen molar-refractivity contribution in [3.63, 3.8) is 0 Å². The molecule has 2 rings (SSSR count). The summed E-state index contributed by atoms with van der Waals surface area (Å²) in [6, 6.07) is 0.671. The fourth-order valence-electron chi connectivity index (χ4n) is 2.75. The van der Waals surface area contributed by atoms with Crippen LogP contribution in [-0.2, 0) is 18.2 Å². The highest BCUT2D eigenvalue weighted by Gasteiger charge is 2.29. The highest BCUT2D eigenvalue weighted by atomic mass is 16.5. The molecule has 2 unspecified atom stereocenters. The Morgan fingerprint density at radius 3 is 3.00 bits per heavy atom. The molecule has 5 nitrogen and oxygen atoms in total. The molecule has 5 heteroatoms. The summed E-state index contributed by atoms with van der Waals surface area (Å²) in [6.07, 6.45) is 3.06. The minimum Gasteiger partial charge on any atom is -0.379 e. The van der Waals surface area contributed by atoms with Crippen molar-refractivity contribution in [2.45, 2.75) is 32.4 Å². The van der Waals surface area contributed by atoms with E-state index in [0.717, 1.165) is 31.9 Å². The largest absolute Gasteiger partial charge is 0.379 e. The molecule has 0 spiro atoms. The number of hydrogen-bond acceptors (Lipinski definition) is 4. The number of nitrogens with zero attached hydrogens (tertiary/aromatic N) is 3. The summed E-state index contributed by atoms with van der Waals surface area (Å²) in [7, 11) is 1.97. The molecule has 1 aromatic rings. The van der Waals surface area contributed by atoms with Crippen molar-refractivity contribution in [1.82, 2.24) is 14.7 Å². The molecule has 0 radical (unpaired) electrons. The number of hydrogen-bond donors (Lipinski definition) is 1. The number of nitrogens with two attached hydrogens (primary N) is 1. The lowest BCUT2D eigenvalue weighted by atomic mass is 10.0. The maximum Gasteiger partial charge on any atom is 0.0670 e. The first-order valence-corrected chi connectivity index (χ1v) is 6.73. The third-order valence-corrected chi connectivity index (χ3v) is 3.67. The third kappa shape index (κ3) is 2.58. The molecule has 18 heavy (non-hydrogen) atoms. The Balaban J connectivity index is 2.26. The molecule has 0 saturated carbocycles. The van der Waals surface area contributed by atoms with E-state index in [1.54, 1.807) is 0 Å². The monoisotopic (exact) mass is 252 g/mol. The average molecular weight is 252 g/mol. The van der Waals surface area contributed by atoms with Gasteiger partial charge in [-0.05, 0) is 13.3 Å². The Labute approximate surface area is 109 Å². The highest BCUT2D eigenvalue weighted by molar-refractivity contribution is 5.22. The van der Waals surface area contributed by atoms with Crippen LogP contribution in [0.1, 0.15) is 31.1 Å². The van der Waals surface area contributed by atoms with E-state index in [9.17, 15) is 0 Å². The lowest BCUT2D eigenvalue weighted by molar-refractivity contribution is -0.0211. The quantitative estimate of drug-likeness (QED) is 0.857. The summed E-state index contributed by atoms with van der Waals surface area (Å²) in [5.74, 6) is 0. The van der Waals surface area contributed by atoms with Crippen LogP contribution in [-0.4, -0.2) is 47.0 Å². The van der Waals surface area contributed by atoms with E-state index in [1.165, 1.54) is 5.56 Å². The molecular formula is C13H24N4O. The summed E-state index contributed by atoms with van der Waals surface area (Å²) in [5.41, 5.74) is 8.44. The van der Waals surface area contributed by atoms with Crippen LogP contribution in [0.4, 0.5) is 0 Å².